The summed E-state index contributed by atoms with van der Waals surface area (Å²) in [7, 11) is 0. The lowest BCUT2D eigenvalue weighted by Crippen LogP contribution is -2.05. The first-order valence-electron chi connectivity index (χ1n) is 9.80. The average Bonchev–Trinajstić information content (AvgIpc) is 2.78. The van der Waals surface area contributed by atoms with E-state index >= 15 is 0 Å². The predicted molar refractivity (Wildman–Crippen MR) is 124 cm³/mol. The molecule has 0 fully saturated rings. The van der Waals surface area contributed by atoms with E-state index < -0.39 is 0 Å². The van der Waals surface area contributed by atoms with Crippen LogP contribution < -0.4 is 0 Å². The van der Waals surface area contributed by atoms with Crippen molar-refractivity contribution in [3.63, 3.8) is 0 Å². The van der Waals surface area contributed by atoms with Gasteiger partial charge in [-0.05, 0) is 40.1 Å². The zero-order valence-corrected chi connectivity index (χ0v) is 16.8. The fourth-order valence-electron chi connectivity index (χ4n) is 4.25. The van der Waals surface area contributed by atoms with Gasteiger partial charge in [-0.15, -0.1) is 0 Å². The van der Waals surface area contributed by atoms with Gasteiger partial charge < -0.3 is 10.2 Å². The van der Waals surface area contributed by atoms with Gasteiger partial charge in [0.2, 0.25) is 0 Å². The smallest absolute Gasteiger partial charge is 0.127 e. The highest BCUT2D eigenvalue weighted by Crippen LogP contribution is 2.43. The van der Waals surface area contributed by atoms with Crippen molar-refractivity contribution in [2.45, 2.75) is 5.92 Å². The van der Waals surface area contributed by atoms with Crippen LogP contribution in [0, 0.1) is 0 Å². The van der Waals surface area contributed by atoms with Crippen LogP contribution in [0.1, 0.15) is 22.6 Å². The van der Waals surface area contributed by atoms with E-state index in [0.29, 0.717) is 5.02 Å². The van der Waals surface area contributed by atoms with E-state index in [2.05, 4.69) is 0 Å². The molecular weight excluding hydrogens is 392 g/mol. The Morgan fingerprint density at radius 1 is 0.567 bits per heavy atom. The lowest BCUT2D eigenvalue weighted by molar-refractivity contribution is 0.473. The third kappa shape index (κ3) is 3.06. The Balaban J connectivity index is 1.83. The van der Waals surface area contributed by atoms with Gasteiger partial charge in [0.1, 0.15) is 11.5 Å². The van der Waals surface area contributed by atoms with E-state index in [4.69, 9.17) is 11.6 Å². The van der Waals surface area contributed by atoms with E-state index in [1.807, 2.05) is 91.0 Å². The molecule has 1 atom stereocenters. The van der Waals surface area contributed by atoms with E-state index in [1.165, 1.54) is 0 Å². The largest absolute Gasteiger partial charge is 0.507 e. The van der Waals surface area contributed by atoms with Gasteiger partial charge in [0.15, 0.2) is 0 Å². The molecule has 0 aliphatic heterocycles. The highest BCUT2D eigenvalue weighted by atomic mass is 35.5. The van der Waals surface area contributed by atoms with Crippen molar-refractivity contribution in [2.24, 2.45) is 0 Å². The second kappa shape index (κ2) is 7.40. The van der Waals surface area contributed by atoms with Crippen molar-refractivity contribution in [3.05, 3.63) is 119 Å². The summed E-state index contributed by atoms with van der Waals surface area (Å²) in [6.07, 6.45) is 0. The number of rotatable bonds is 3. The molecule has 0 bridgehead atoms. The minimum absolute atomic E-state index is 0.225. The van der Waals surface area contributed by atoms with Gasteiger partial charge in [-0.1, -0.05) is 90.5 Å². The summed E-state index contributed by atoms with van der Waals surface area (Å²) in [4.78, 5) is 0. The van der Waals surface area contributed by atoms with Crippen LogP contribution >= 0.6 is 11.6 Å². The molecule has 0 aromatic heterocycles. The van der Waals surface area contributed by atoms with Crippen molar-refractivity contribution >= 4 is 33.1 Å². The number of phenols is 2. The van der Waals surface area contributed by atoms with Gasteiger partial charge in [0.05, 0.1) is 0 Å². The maximum Gasteiger partial charge on any atom is 0.127 e. The molecule has 5 aromatic carbocycles. The Labute approximate surface area is 179 Å². The van der Waals surface area contributed by atoms with Gasteiger partial charge in [-0.25, -0.2) is 0 Å². The third-order valence-electron chi connectivity index (χ3n) is 5.69. The maximum absolute atomic E-state index is 11.2. The predicted octanol–water partition coefficient (Wildman–Crippen LogP) is 7.24. The van der Waals surface area contributed by atoms with Gasteiger partial charge in [0, 0.05) is 27.3 Å². The van der Waals surface area contributed by atoms with Crippen molar-refractivity contribution in [1.29, 1.82) is 0 Å². The molecule has 0 aliphatic rings. The standard InChI is InChI=1S/C27H19ClO2/c28-19-12-9-18(10-13-19)26(23-15-16-25(29)22-8-4-3-7-21(22)23)24-14-11-17-5-1-2-6-20(17)27(24)30/h1-16,26,29-30H. The monoisotopic (exact) mass is 410 g/mol. The number of hydrogen-bond donors (Lipinski definition) is 2. The molecular formula is C27H19ClO2. The number of hydrogen-bond acceptors (Lipinski definition) is 2. The molecule has 0 radical (unpaired) electrons. The average molecular weight is 411 g/mol. The quantitative estimate of drug-likeness (QED) is 0.308. The van der Waals surface area contributed by atoms with Gasteiger partial charge in [0.25, 0.3) is 0 Å². The summed E-state index contributed by atoms with van der Waals surface area (Å²) in [6, 6.07) is 31.0. The van der Waals surface area contributed by atoms with E-state index in [0.717, 1.165) is 38.2 Å². The number of benzene rings is 5. The Hall–Kier alpha value is -3.49. The lowest BCUT2D eigenvalue weighted by atomic mass is 9.81. The van der Waals surface area contributed by atoms with Crippen molar-refractivity contribution in [1.82, 2.24) is 0 Å². The van der Waals surface area contributed by atoms with Crippen molar-refractivity contribution < 1.29 is 10.2 Å². The Morgan fingerprint density at radius 2 is 1.20 bits per heavy atom. The minimum atomic E-state index is -0.225. The molecule has 1 unspecified atom stereocenters. The highest BCUT2D eigenvalue weighted by molar-refractivity contribution is 6.30. The van der Waals surface area contributed by atoms with Crippen LogP contribution in [0.3, 0.4) is 0 Å². The molecule has 0 heterocycles. The maximum atomic E-state index is 11.2. The molecule has 146 valence electrons. The Morgan fingerprint density at radius 3 is 1.97 bits per heavy atom. The fraction of sp³-hybridized carbons (Fsp3) is 0.0370. The molecule has 0 saturated heterocycles. The molecule has 2 N–H and O–H groups in total. The van der Waals surface area contributed by atoms with E-state index in [1.54, 1.807) is 6.07 Å². The van der Waals surface area contributed by atoms with E-state index in [9.17, 15) is 10.2 Å². The summed E-state index contributed by atoms with van der Waals surface area (Å²) in [5.41, 5.74) is 2.84. The topological polar surface area (TPSA) is 40.5 Å². The summed E-state index contributed by atoms with van der Waals surface area (Å²) < 4.78 is 0. The van der Waals surface area contributed by atoms with Gasteiger partial charge in [-0.3, -0.25) is 0 Å². The molecule has 3 heteroatoms. The van der Waals surface area contributed by atoms with Gasteiger partial charge >= 0.3 is 0 Å². The zero-order chi connectivity index (χ0) is 20.7. The molecule has 0 amide bonds. The summed E-state index contributed by atoms with van der Waals surface area (Å²) in [5.74, 6) is 0.287. The van der Waals surface area contributed by atoms with Crippen molar-refractivity contribution in [2.75, 3.05) is 0 Å². The number of halogens is 1. The first kappa shape index (κ1) is 18.5. The summed E-state index contributed by atoms with van der Waals surface area (Å²) >= 11 is 6.15. The minimum Gasteiger partial charge on any atom is -0.507 e. The van der Waals surface area contributed by atoms with Crippen LogP contribution in [0.25, 0.3) is 21.5 Å². The van der Waals surface area contributed by atoms with Crippen LogP contribution in [0.15, 0.2) is 97.1 Å². The first-order valence-corrected chi connectivity index (χ1v) is 10.2. The number of fused-ring (bicyclic) bond motifs is 2. The van der Waals surface area contributed by atoms with Gasteiger partial charge in [-0.2, -0.15) is 0 Å². The van der Waals surface area contributed by atoms with Crippen molar-refractivity contribution in [3.8, 4) is 11.5 Å². The second-order valence-electron chi connectivity index (χ2n) is 7.43. The third-order valence-corrected chi connectivity index (χ3v) is 5.94. The molecule has 0 saturated carbocycles. The summed E-state index contributed by atoms with van der Waals surface area (Å²) in [6.45, 7) is 0. The fourth-order valence-corrected chi connectivity index (χ4v) is 4.37. The lowest BCUT2D eigenvalue weighted by Gasteiger charge is -2.23. The highest BCUT2D eigenvalue weighted by Gasteiger charge is 2.23. The van der Waals surface area contributed by atoms with Crippen LogP contribution in [-0.2, 0) is 0 Å². The number of aromatic hydroxyl groups is 2. The van der Waals surface area contributed by atoms with Crippen LogP contribution in [0.5, 0.6) is 11.5 Å². The molecule has 30 heavy (non-hydrogen) atoms. The Bertz CT molecular complexity index is 1370. The number of phenolic OH excluding ortho intramolecular Hbond substituents is 2. The van der Waals surface area contributed by atoms with Crippen LogP contribution in [0.2, 0.25) is 5.02 Å². The SMILES string of the molecule is Oc1c(C(c2ccc(Cl)cc2)c2ccc(O)c3ccccc23)ccc2ccccc12. The molecule has 5 rings (SSSR count). The molecule has 5 aromatic rings. The van der Waals surface area contributed by atoms with E-state index in [-0.39, 0.29) is 17.4 Å². The normalized spacial score (nSPS) is 12.3. The van der Waals surface area contributed by atoms with Crippen LogP contribution in [0.4, 0.5) is 0 Å². The molecule has 0 spiro atoms. The zero-order valence-electron chi connectivity index (χ0n) is 16.1. The first-order chi connectivity index (χ1) is 14.6. The Kier molecular flexibility index (Phi) is 4.57. The summed E-state index contributed by atoms with van der Waals surface area (Å²) in [5, 5.41) is 25.8. The second-order valence-corrected chi connectivity index (χ2v) is 7.87. The van der Waals surface area contributed by atoms with Crippen LogP contribution in [-0.4, -0.2) is 10.2 Å². The molecule has 2 nitrogen and oxygen atoms in total. The molecule has 0 aliphatic carbocycles.